The molecular weight excluding hydrogens is 617 g/mol. The molecular formula is C46H92O4. The molecule has 0 aliphatic rings. The molecule has 0 bridgehead atoms. The molecule has 0 amide bonds. The summed E-state index contributed by atoms with van der Waals surface area (Å²) >= 11 is 0. The molecule has 0 rings (SSSR count). The monoisotopic (exact) mass is 709 g/mol. The summed E-state index contributed by atoms with van der Waals surface area (Å²) in [5.41, 5.74) is 0. The van der Waals surface area contributed by atoms with Gasteiger partial charge in [0.1, 0.15) is 0 Å². The smallest absolute Gasteiger partial charge is 0.305 e. The fourth-order valence-electron chi connectivity index (χ4n) is 6.51. The number of hydrogen-bond donors (Lipinski definition) is 0. The SMILES string of the molecule is CCCCCCCCCCCCCCCC(=O)OCC(CC)CCCC.CCCCCCCCCCCCCCCCCC(=O)OCCCC. The molecule has 0 spiro atoms. The Labute approximate surface area is 315 Å². The number of rotatable bonds is 39. The normalized spacial score (nSPS) is 11.6. The Morgan fingerprint density at radius 2 is 0.660 bits per heavy atom. The van der Waals surface area contributed by atoms with Crippen LogP contribution in [0.3, 0.4) is 0 Å². The first-order valence-electron chi connectivity index (χ1n) is 22.9. The van der Waals surface area contributed by atoms with Crippen LogP contribution >= 0.6 is 0 Å². The topological polar surface area (TPSA) is 52.6 Å². The molecule has 0 aliphatic carbocycles. The predicted octanol–water partition coefficient (Wildman–Crippen LogP) is 15.8. The van der Waals surface area contributed by atoms with Gasteiger partial charge in [-0.3, -0.25) is 9.59 Å². The second kappa shape index (κ2) is 46.0. The van der Waals surface area contributed by atoms with Crippen LogP contribution in [-0.2, 0) is 19.1 Å². The van der Waals surface area contributed by atoms with Crippen molar-refractivity contribution in [3.63, 3.8) is 0 Å². The Hall–Kier alpha value is -1.06. The molecule has 4 heteroatoms. The van der Waals surface area contributed by atoms with Crippen molar-refractivity contribution < 1.29 is 19.1 Å². The van der Waals surface area contributed by atoms with E-state index in [9.17, 15) is 9.59 Å². The van der Waals surface area contributed by atoms with Crippen LogP contribution in [0.15, 0.2) is 0 Å². The quantitative estimate of drug-likeness (QED) is 0.0471. The fraction of sp³-hybridized carbons (Fsp3) is 0.957. The average Bonchev–Trinajstić information content (AvgIpc) is 3.12. The first-order chi connectivity index (χ1) is 24.5. The number of ether oxygens (including phenoxy) is 2. The first kappa shape index (κ1) is 51.0. The molecule has 300 valence electrons. The van der Waals surface area contributed by atoms with Crippen molar-refractivity contribution in [3.8, 4) is 0 Å². The van der Waals surface area contributed by atoms with Gasteiger partial charge < -0.3 is 9.47 Å². The van der Waals surface area contributed by atoms with E-state index in [4.69, 9.17) is 9.47 Å². The van der Waals surface area contributed by atoms with Crippen LogP contribution in [0.1, 0.15) is 266 Å². The lowest BCUT2D eigenvalue weighted by molar-refractivity contribution is -0.145. The van der Waals surface area contributed by atoms with Crippen LogP contribution in [0.2, 0.25) is 0 Å². The highest BCUT2D eigenvalue weighted by Crippen LogP contribution is 2.16. The Morgan fingerprint density at radius 3 is 0.980 bits per heavy atom. The lowest BCUT2D eigenvalue weighted by atomic mass is 10.0. The van der Waals surface area contributed by atoms with Crippen molar-refractivity contribution in [2.45, 2.75) is 266 Å². The molecule has 0 heterocycles. The summed E-state index contributed by atoms with van der Waals surface area (Å²) in [6.07, 6.45) is 45.9. The van der Waals surface area contributed by atoms with Gasteiger partial charge in [0.15, 0.2) is 0 Å². The molecule has 0 saturated carbocycles. The van der Waals surface area contributed by atoms with Crippen LogP contribution in [-0.4, -0.2) is 25.2 Å². The molecule has 1 unspecified atom stereocenters. The maximum absolute atomic E-state index is 11.8. The minimum atomic E-state index is -0.00172. The maximum atomic E-state index is 11.8. The van der Waals surface area contributed by atoms with E-state index >= 15 is 0 Å². The van der Waals surface area contributed by atoms with Gasteiger partial charge in [0.05, 0.1) is 13.2 Å². The third-order valence-electron chi connectivity index (χ3n) is 10.3. The lowest BCUT2D eigenvalue weighted by Gasteiger charge is -2.14. The zero-order valence-corrected chi connectivity index (χ0v) is 35.1. The van der Waals surface area contributed by atoms with E-state index in [0.717, 1.165) is 32.1 Å². The van der Waals surface area contributed by atoms with E-state index in [1.807, 2.05) is 0 Å². The zero-order chi connectivity index (χ0) is 37.0. The maximum Gasteiger partial charge on any atom is 0.305 e. The minimum absolute atomic E-state index is 0.00172. The number of unbranched alkanes of at least 4 members (excludes halogenated alkanes) is 28. The van der Waals surface area contributed by atoms with Gasteiger partial charge in [0.25, 0.3) is 0 Å². The van der Waals surface area contributed by atoms with Gasteiger partial charge in [-0.2, -0.15) is 0 Å². The molecule has 50 heavy (non-hydrogen) atoms. The van der Waals surface area contributed by atoms with Crippen molar-refractivity contribution in [2.24, 2.45) is 5.92 Å². The van der Waals surface area contributed by atoms with E-state index in [2.05, 4.69) is 34.6 Å². The second-order valence-electron chi connectivity index (χ2n) is 15.4. The van der Waals surface area contributed by atoms with E-state index < -0.39 is 0 Å². The fourth-order valence-corrected chi connectivity index (χ4v) is 6.51. The van der Waals surface area contributed by atoms with Crippen LogP contribution in [0.4, 0.5) is 0 Å². The van der Waals surface area contributed by atoms with Crippen LogP contribution in [0.25, 0.3) is 0 Å². The number of carbonyl (C=O) groups is 2. The molecule has 0 aliphatic heterocycles. The molecule has 0 fully saturated rings. The predicted molar refractivity (Wildman–Crippen MR) is 220 cm³/mol. The number of carbonyl (C=O) groups excluding carboxylic acids is 2. The molecule has 0 aromatic carbocycles. The Balaban J connectivity index is 0. The summed E-state index contributed by atoms with van der Waals surface area (Å²) in [6, 6.07) is 0. The summed E-state index contributed by atoms with van der Waals surface area (Å²) in [5.74, 6) is 0.576. The molecule has 0 saturated heterocycles. The van der Waals surface area contributed by atoms with Crippen molar-refractivity contribution in [3.05, 3.63) is 0 Å². The van der Waals surface area contributed by atoms with Crippen LogP contribution in [0.5, 0.6) is 0 Å². The van der Waals surface area contributed by atoms with Crippen molar-refractivity contribution in [1.82, 2.24) is 0 Å². The van der Waals surface area contributed by atoms with Crippen molar-refractivity contribution in [2.75, 3.05) is 13.2 Å². The summed E-state index contributed by atoms with van der Waals surface area (Å²) in [5, 5.41) is 0. The standard InChI is InChI=1S/C24H48O2.C22H44O2/c1-4-7-9-10-11-12-13-14-15-16-17-18-19-21-24(25)26-22-23(6-3)20-8-5-2;1-3-5-7-8-9-10-11-12-13-14-15-16-17-18-19-20-22(23)24-21-6-4-2/h23H,4-22H2,1-3H3;3-21H2,1-2H3. The van der Waals surface area contributed by atoms with Crippen molar-refractivity contribution >= 4 is 11.9 Å². The second-order valence-corrected chi connectivity index (χ2v) is 15.4. The molecule has 0 N–H and O–H groups in total. The van der Waals surface area contributed by atoms with E-state index in [-0.39, 0.29) is 11.9 Å². The van der Waals surface area contributed by atoms with Crippen molar-refractivity contribution in [1.29, 1.82) is 0 Å². The van der Waals surface area contributed by atoms with Crippen LogP contribution < -0.4 is 0 Å². The highest BCUT2D eigenvalue weighted by atomic mass is 16.5. The molecule has 0 radical (unpaired) electrons. The van der Waals surface area contributed by atoms with Gasteiger partial charge in [0.2, 0.25) is 0 Å². The van der Waals surface area contributed by atoms with E-state index in [1.54, 1.807) is 0 Å². The molecule has 0 aromatic rings. The highest BCUT2D eigenvalue weighted by Gasteiger charge is 2.10. The summed E-state index contributed by atoms with van der Waals surface area (Å²) < 4.78 is 10.6. The first-order valence-corrected chi connectivity index (χ1v) is 22.9. The zero-order valence-electron chi connectivity index (χ0n) is 35.1. The summed E-state index contributed by atoms with van der Waals surface area (Å²) in [7, 11) is 0. The van der Waals surface area contributed by atoms with Gasteiger partial charge in [-0.05, 0) is 31.6 Å². The molecule has 1 atom stereocenters. The number of hydrogen-bond acceptors (Lipinski definition) is 4. The van der Waals surface area contributed by atoms with Gasteiger partial charge in [-0.15, -0.1) is 0 Å². The van der Waals surface area contributed by atoms with Gasteiger partial charge in [-0.25, -0.2) is 0 Å². The molecule has 4 nitrogen and oxygen atoms in total. The third kappa shape index (κ3) is 45.0. The van der Waals surface area contributed by atoms with E-state index in [0.29, 0.717) is 32.0 Å². The van der Waals surface area contributed by atoms with Crippen LogP contribution in [0, 0.1) is 5.92 Å². The van der Waals surface area contributed by atoms with E-state index in [1.165, 1.54) is 186 Å². The van der Waals surface area contributed by atoms with Gasteiger partial charge in [0, 0.05) is 12.8 Å². The Bertz CT molecular complexity index is 648. The lowest BCUT2D eigenvalue weighted by Crippen LogP contribution is -2.13. The Morgan fingerprint density at radius 1 is 0.360 bits per heavy atom. The van der Waals surface area contributed by atoms with Gasteiger partial charge >= 0.3 is 11.9 Å². The largest absolute Gasteiger partial charge is 0.466 e. The molecule has 0 aromatic heterocycles. The van der Waals surface area contributed by atoms with Gasteiger partial charge in [-0.1, -0.05) is 227 Å². The minimum Gasteiger partial charge on any atom is -0.466 e. The average molecular weight is 709 g/mol. The number of esters is 2. The summed E-state index contributed by atoms with van der Waals surface area (Å²) in [6.45, 7) is 12.3. The third-order valence-corrected chi connectivity index (χ3v) is 10.3. The summed E-state index contributed by atoms with van der Waals surface area (Å²) in [4.78, 5) is 23.2. The highest BCUT2D eigenvalue weighted by molar-refractivity contribution is 5.69. The Kier molecular flexibility index (Phi) is 46.9.